The largest absolute Gasteiger partial charge is 0.497 e. The quantitative estimate of drug-likeness (QED) is 0.271. The Morgan fingerprint density at radius 2 is 1.62 bits per heavy atom. The van der Waals surface area contributed by atoms with Gasteiger partial charge in [0.25, 0.3) is 11.5 Å². The molecule has 42 heavy (non-hydrogen) atoms. The number of rotatable bonds is 11. The Morgan fingerprint density at radius 1 is 0.905 bits per heavy atom. The van der Waals surface area contributed by atoms with Gasteiger partial charge in [-0.15, -0.1) is 0 Å². The predicted molar refractivity (Wildman–Crippen MR) is 159 cm³/mol. The van der Waals surface area contributed by atoms with Gasteiger partial charge in [-0.05, 0) is 67.7 Å². The number of nitrogens with zero attached hydrogens (tertiary/aromatic N) is 3. The van der Waals surface area contributed by atoms with Gasteiger partial charge in [-0.25, -0.2) is 9.59 Å². The van der Waals surface area contributed by atoms with Gasteiger partial charge in [0.05, 0.1) is 31.7 Å². The first kappa shape index (κ1) is 30.1. The third kappa shape index (κ3) is 6.69. The van der Waals surface area contributed by atoms with Gasteiger partial charge in [0.15, 0.2) is 0 Å². The molecule has 0 atom stereocenters. The van der Waals surface area contributed by atoms with Gasteiger partial charge in [-0.2, -0.15) is 0 Å². The van der Waals surface area contributed by atoms with Crippen LogP contribution >= 0.6 is 0 Å². The van der Waals surface area contributed by atoms with Crippen molar-refractivity contribution in [3.8, 4) is 11.5 Å². The number of aromatic nitrogens is 2. The first-order valence-electron chi connectivity index (χ1n) is 13.3. The molecule has 220 valence electrons. The van der Waals surface area contributed by atoms with Crippen LogP contribution in [0.4, 0.5) is 0 Å². The van der Waals surface area contributed by atoms with Gasteiger partial charge in [-0.3, -0.25) is 18.7 Å². The van der Waals surface area contributed by atoms with E-state index in [1.807, 2.05) is 43.3 Å². The molecule has 1 aromatic heterocycles. The number of hydrogen-bond donors (Lipinski definition) is 1. The minimum Gasteiger partial charge on any atom is -0.497 e. The van der Waals surface area contributed by atoms with Crippen molar-refractivity contribution >= 4 is 22.8 Å². The summed E-state index contributed by atoms with van der Waals surface area (Å²) in [4.78, 5) is 54.0. The maximum absolute atomic E-state index is 13.5. The lowest BCUT2D eigenvalue weighted by atomic mass is 10.1. The smallest absolute Gasteiger partial charge is 0.341 e. The molecule has 0 aliphatic carbocycles. The summed E-state index contributed by atoms with van der Waals surface area (Å²) in [6.07, 6.45) is 0. The van der Waals surface area contributed by atoms with Crippen molar-refractivity contribution in [3.63, 3.8) is 0 Å². The molecule has 0 radical (unpaired) electrons. The lowest BCUT2D eigenvalue weighted by Gasteiger charge is -2.14. The summed E-state index contributed by atoms with van der Waals surface area (Å²) in [7, 11) is 8.33. The van der Waals surface area contributed by atoms with Crippen molar-refractivity contribution in [2.75, 3.05) is 41.5 Å². The van der Waals surface area contributed by atoms with Crippen molar-refractivity contribution in [1.29, 1.82) is 0 Å². The molecule has 0 fully saturated rings. The standard InChI is InChI=1S/C31H34N4O7/c1-33(2)14-15-42-30(38)24-12-8-21(16-27(24)41-5)19-35-29(37)25-17-22(9-13-26(25)34(3)31(35)39)28(36)32-18-20-6-10-23(40-4)11-7-20/h6-13,16-17H,14-15,18-19H2,1-5H3,(H,32,36). The fourth-order valence-corrected chi connectivity index (χ4v) is 4.41. The summed E-state index contributed by atoms with van der Waals surface area (Å²) >= 11 is 0. The van der Waals surface area contributed by atoms with Crippen LogP contribution in [0, 0.1) is 0 Å². The number of ether oxygens (including phenoxy) is 3. The van der Waals surface area contributed by atoms with E-state index in [1.165, 1.54) is 17.7 Å². The molecule has 11 nitrogen and oxygen atoms in total. The van der Waals surface area contributed by atoms with Crippen LogP contribution in [0.25, 0.3) is 10.9 Å². The van der Waals surface area contributed by atoms with E-state index in [9.17, 15) is 19.2 Å². The number of nitrogens with one attached hydrogen (secondary N) is 1. The highest BCUT2D eigenvalue weighted by atomic mass is 16.5. The van der Waals surface area contributed by atoms with Crippen LogP contribution in [-0.4, -0.2) is 67.4 Å². The molecule has 0 saturated carbocycles. The summed E-state index contributed by atoms with van der Waals surface area (Å²) in [6.45, 7) is 1.02. The SMILES string of the molecule is COc1ccc(CNC(=O)c2ccc3c(c2)c(=O)n(Cc2ccc(C(=O)OCCN(C)C)c(OC)c2)c(=O)n3C)cc1. The lowest BCUT2D eigenvalue weighted by Crippen LogP contribution is -2.39. The molecule has 11 heteroatoms. The first-order chi connectivity index (χ1) is 20.1. The van der Waals surface area contributed by atoms with E-state index in [0.717, 1.165) is 10.1 Å². The lowest BCUT2D eigenvalue weighted by molar-refractivity contribution is 0.0478. The van der Waals surface area contributed by atoms with Crippen LogP contribution < -0.4 is 26.0 Å². The number of esters is 1. The number of likely N-dealkylation sites (N-methyl/N-ethyl adjacent to an activating group) is 1. The maximum Gasteiger partial charge on any atom is 0.341 e. The first-order valence-corrected chi connectivity index (χ1v) is 13.3. The number of carbonyl (C=O) groups is 2. The highest BCUT2D eigenvalue weighted by Gasteiger charge is 2.18. The Bertz CT molecular complexity index is 1720. The van der Waals surface area contributed by atoms with Crippen LogP contribution in [0.2, 0.25) is 0 Å². The van der Waals surface area contributed by atoms with E-state index in [0.29, 0.717) is 29.9 Å². The summed E-state index contributed by atoms with van der Waals surface area (Å²) < 4.78 is 18.3. The summed E-state index contributed by atoms with van der Waals surface area (Å²) in [5, 5.41) is 3.08. The molecule has 1 amide bonds. The summed E-state index contributed by atoms with van der Waals surface area (Å²) in [5.74, 6) is 0.0972. The van der Waals surface area contributed by atoms with Gasteiger partial charge >= 0.3 is 11.7 Å². The van der Waals surface area contributed by atoms with Crippen molar-refractivity contribution in [1.82, 2.24) is 19.4 Å². The van der Waals surface area contributed by atoms with E-state index in [1.54, 1.807) is 44.5 Å². The summed E-state index contributed by atoms with van der Waals surface area (Å²) in [6, 6.07) is 16.8. The molecule has 1 N–H and O–H groups in total. The third-order valence-corrected chi connectivity index (χ3v) is 6.82. The number of carbonyl (C=O) groups excluding carboxylic acids is 2. The molecular formula is C31H34N4O7. The normalized spacial score (nSPS) is 11.0. The topological polar surface area (TPSA) is 121 Å². The molecule has 4 aromatic rings. The Labute approximate surface area is 242 Å². The van der Waals surface area contributed by atoms with Gasteiger partial charge < -0.3 is 24.4 Å². The molecule has 0 unspecified atom stereocenters. The second-order valence-electron chi connectivity index (χ2n) is 9.97. The van der Waals surface area contributed by atoms with Crippen LogP contribution in [-0.2, 0) is 24.9 Å². The van der Waals surface area contributed by atoms with Crippen molar-refractivity contribution in [2.24, 2.45) is 7.05 Å². The van der Waals surface area contributed by atoms with E-state index in [-0.39, 0.29) is 41.3 Å². The number of methoxy groups -OCH3 is 2. The van der Waals surface area contributed by atoms with Crippen LogP contribution in [0.3, 0.4) is 0 Å². The predicted octanol–water partition coefficient (Wildman–Crippen LogP) is 2.41. The van der Waals surface area contributed by atoms with Crippen LogP contribution in [0.1, 0.15) is 31.8 Å². The number of hydrogen-bond acceptors (Lipinski definition) is 8. The molecule has 4 rings (SSSR count). The zero-order valence-electron chi connectivity index (χ0n) is 24.3. The number of amides is 1. The van der Waals surface area contributed by atoms with E-state index >= 15 is 0 Å². The molecule has 1 heterocycles. The monoisotopic (exact) mass is 574 g/mol. The summed E-state index contributed by atoms with van der Waals surface area (Å²) in [5.41, 5.74) is 1.34. The molecule has 0 aliphatic heterocycles. The zero-order chi connectivity index (χ0) is 30.4. The fraction of sp³-hybridized carbons (Fsp3) is 0.290. The minimum atomic E-state index is -0.538. The number of aryl methyl sites for hydroxylation is 1. The molecular weight excluding hydrogens is 540 g/mol. The minimum absolute atomic E-state index is 0.0678. The van der Waals surface area contributed by atoms with E-state index in [2.05, 4.69) is 5.32 Å². The highest BCUT2D eigenvalue weighted by Crippen LogP contribution is 2.22. The molecule has 0 bridgehead atoms. The Morgan fingerprint density at radius 3 is 2.29 bits per heavy atom. The highest BCUT2D eigenvalue weighted by molar-refractivity contribution is 5.97. The third-order valence-electron chi connectivity index (χ3n) is 6.82. The van der Waals surface area contributed by atoms with Crippen molar-refractivity contribution in [2.45, 2.75) is 13.1 Å². The van der Waals surface area contributed by atoms with Crippen LogP contribution in [0.5, 0.6) is 11.5 Å². The molecule has 3 aromatic carbocycles. The van der Waals surface area contributed by atoms with E-state index < -0.39 is 17.2 Å². The van der Waals surface area contributed by atoms with Gasteiger partial charge in [0, 0.05) is 25.7 Å². The van der Waals surface area contributed by atoms with Gasteiger partial charge in [0.2, 0.25) is 0 Å². The number of benzene rings is 3. The van der Waals surface area contributed by atoms with Crippen molar-refractivity contribution < 1.29 is 23.8 Å². The average Bonchev–Trinajstić information content (AvgIpc) is 3.00. The average molecular weight is 575 g/mol. The zero-order valence-corrected chi connectivity index (χ0v) is 24.3. The number of fused-ring (bicyclic) bond motifs is 1. The fourth-order valence-electron chi connectivity index (χ4n) is 4.41. The van der Waals surface area contributed by atoms with Gasteiger partial charge in [0.1, 0.15) is 23.7 Å². The van der Waals surface area contributed by atoms with Gasteiger partial charge in [-0.1, -0.05) is 18.2 Å². The van der Waals surface area contributed by atoms with Crippen LogP contribution in [0.15, 0.2) is 70.3 Å². The molecule has 0 spiro atoms. The van der Waals surface area contributed by atoms with Crippen molar-refractivity contribution in [3.05, 3.63) is 104 Å². The Balaban J connectivity index is 1.59. The molecule has 0 saturated heterocycles. The second-order valence-corrected chi connectivity index (χ2v) is 9.97. The Kier molecular flexibility index (Phi) is 9.43. The second kappa shape index (κ2) is 13.2. The van der Waals surface area contributed by atoms with E-state index in [4.69, 9.17) is 14.2 Å². The Hall–Kier alpha value is -4.90. The molecule has 0 aliphatic rings. The maximum atomic E-state index is 13.5.